The van der Waals surface area contributed by atoms with Crippen LogP contribution < -0.4 is 0 Å². The largest absolute Gasteiger partial charge is 0.416 e. The van der Waals surface area contributed by atoms with Gasteiger partial charge in [-0.05, 0) is 24.5 Å². The third-order valence-corrected chi connectivity index (χ3v) is 2.90. The molecule has 0 aliphatic rings. The topological polar surface area (TPSA) is 20.2 Å². The first-order chi connectivity index (χ1) is 7.35. The molecule has 0 spiro atoms. The number of rotatable bonds is 3. The zero-order valence-electron chi connectivity index (χ0n) is 9.30. The van der Waals surface area contributed by atoms with Crippen molar-refractivity contribution in [2.24, 2.45) is 0 Å². The summed E-state index contributed by atoms with van der Waals surface area (Å²) >= 11 is 0. The van der Waals surface area contributed by atoms with Gasteiger partial charge in [-0.1, -0.05) is 32.0 Å². The number of aliphatic hydroxyl groups is 1. The molecule has 90 valence electrons. The summed E-state index contributed by atoms with van der Waals surface area (Å²) in [6.07, 6.45) is -3.90. The lowest BCUT2D eigenvalue weighted by Crippen LogP contribution is -2.27. The molecule has 0 aliphatic heterocycles. The number of benzene rings is 1. The molecule has 0 aromatic heterocycles. The second-order valence-corrected chi connectivity index (χ2v) is 3.78. The lowest BCUT2D eigenvalue weighted by Gasteiger charge is -2.28. The standard InChI is InChI=1S/C12H15F3O/c1-3-11(16,4-2)9-7-5-6-8-10(9)12(13,14)15/h5-8,16H,3-4H2,1-2H3. The fourth-order valence-electron chi connectivity index (χ4n) is 1.77. The molecule has 0 atom stereocenters. The summed E-state index contributed by atoms with van der Waals surface area (Å²) in [6.45, 7) is 3.35. The quantitative estimate of drug-likeness (QED) is 0.842. The Morgan fingerprint density at radius 2 is 1.44 bits per heavy atom. The molecule has 0 heterocycles. The van der Waals surface area contributed by atoms with Crippen molar-refractivity contribution in [1.29, 1.82) is 0 Å². The van der Waals surface area contributed by atoms with E-state index < -0.39 is 17.3 Å². The van der Waals surface area contributed by atoms with Crippen LogP contribution >= 0.6 is 0 Å². The van der Waals surface area contributed by atoms with Crippen molar-refractivity contribution in [3.8, 4) is 0 Å². The van der Waals surface area contributed by atoms with E-state index in [-0.39, 0.29) is 18.4 Å². The first-order valence-electron chi connectivity index (χ1n) is 5.24. The molecule has 0 bridgehead atoms. The average Bonchev–Trinajstić information content (AvgIpc) is 2.27. The minimum atomic E-state index is -4.42. The van der Waals surface area contributed by atoms with Crippen molar-refractivity contribution in [2.75, 3.05) is 0 Å². The van der Waals surface area contributed by atoms with Gasteiger partial charge in [0.25, 0.3) is 0 Å². The Bertz CT molecular complexity index is 354. The molecule has 1 aromatic carbocycles. The number of hydrogen-bond acceptors (Lipinski definition) is 1. The van der Waals surface area contributed by atoms with Gasteiger partial charge in [-0.3, -0.25) is 0 Å². The molecule has 0 saturated carbocycles. The van der Waals surface area contributed by atoms with Crippen molar-refractivity contribution in [3.63, 3.8) is 0 Å². The highest BCUT2D eigenvalue weighted by Gasteiger charge is 2.38. The van der Waals surface area contributed by atoms with E-state index in [9.17, 15) is 18.3 Å². The van der Waals surface area contributed by atoms with Gasteiger partial charge in [-0.2, -0.15) is 13.2 Å². The molecular formula is C12H15F3O. The molecule has 0 radical (unpaired) electrons. The Morgan fingerprint density at radius 3 is 1.81 bits per heavy atom. The lowest BCUT2D eigenvalue weighted by molar-refractivity contribution is -0.141. The first-order valence-corrected chi connectivity index (χ1v) is 5.24. The van der Waals surface area contributed by atoms with Crippen LogP contribution in [-0.4, -0.2) is 5.11 Å². The van der Waals surface area contributed by atoms with Crippen molar-refractivity contribution in [1.82, 2.24) is 0 Å². The molecule has 16 heavy (non-hydrogen) atoms. The molecule has 0 amide bonds. The highest BCUT2D eigenvalue weighted by molar-refractivity contribution is 5.34. The maximum atomic E-state index is 12.7. The zero-order valence-corrected chi connectivity index (χ0v) is 9.30. The van der Waals surface area contributed by atoms with Crippen LogP contribution in [0.5, 0.6) is 0 Å². The maximum Gasteiger partial charge on any atom is 0.416 e. The minimum Gasteiger partial charge on any atom is -0.385 e. The van der Waals surface area contributed by atoms with Gasteiger partial charge >= 0.3 is 6.18 Å². The van der Waals surface area contributed by atoms with Crippen LogP contribution in [0.4, 0.5) is 13.2 Å². The van der Waals surface area contributed by atoms with Crippen molar-refractivity contribution >= 4 is 0 Å². The van der Waals surface area contributed by atoms with E-state index in [1.54, 1.807) is 13.8 Å². The van der Waals surface area contributed by atoms with Gasteiger partial charge in [-0.25, -0.2) is 0 Å². The third kappa shape index (κ3) is 2.38. The summed E-state index contributed by atoms with van der Waals surface area (Å²) in [7, 11) is 0. The van der Waals surface area contributed by atoms with E-state index in [1.165, 1.54) is 18.2 Å². The number of halogens is 3. The average molecular weight is 232 g/mol. The minimum absolute atomic E-state index is 0.0347. The van der Waals surface area contributed by atoms with Crippen LogP contribution in [0.1, 0.15) is 37.8 Å². The molecule has 1 rings (SSSR count). The Kier molecular flexibility index (Phi) is 3.63. The smallest absolute Gasteiger partial charge is 0.385 e. The molecule has 0 aliphatic carbocycles. The Labute approximate surface area is 92.9 Å². The predicted octanol–water partition coefficient (Wildman–Crippen LogP) is 3.71. The highest BCUT2D eigenvalue weighted by atomic mass is 19.4. The molecule has 1 nitrogen and oxygen atoms in total. The van der Waals surface area contributed by atoms with E-state index in [0.717, 1.165) is 6.07 Å². The molecule has 1 aromatic rings. The van der Waals surface area contributed by atoms with Crippen molar-refractivity contribution < 1.29 is 18.3 Å². The summed E-state index contributed by atoms with van der Waals surface area (Å²) in [6, 6.07) is 5.19. The maximum absolute atomic E-state index is 12.7. The fraction of sp³-hybridized carbons (Fsp3) is 0.500. The van der Waals surface area contributed by atoms with Gasteiger partial charge in [0.05, 0.1) is 11.2 Å². The van der Waals surface area contributed by atoms with Gasteiger partial charge in [0, 0.05) is 0 Å². The molecule has 1 N–H and O–H groups in total. The van der Waals surface area contributed by atoms with Gasteiger partial charge < -0.3 is 5.11 Å². The normalized spacial score (nSPS) is 12.9. The molecule has 0 saturated heterocycles. The monoisotopic (exact) mass is 232 g/mol. The van der Waals surface area contributed by atoms with Crippen LogP contribution in [0.3, 0.4) is 0 Å². The Morgan fingerprint density at radius 1 is 1.00 bits per heavy atom. The summed E-state index contributed by atoms with van der Waals surface area (Å²) in [4.78, 5) is 0. The lowest BCUT2D eigenvalue weighted by atomic mass is 9.85. The van der Waals surface area contributed by atoms with Crippen LogP contribution in [-0.2, 0) is 11.8 Å². The summed E-state index contributed by atoms with van der Waals surface area (Å²) in [5, 5.41) is 10.1. The fourth-order valence-corrected chi connectivity index (χ4v) is 1.77. The Hall–Kier alpha value is -1.03. The summed E-state index contributed by atoms with van der Waals surface area (Å²) in [5.74, 6) is 0. The van der Waals surface area contributed by atoms with Gasteiger partial charge in [-0.15, -0.1) is 0 Å². The van der Waals surface area contributed by atoms with E-state index in [0.29, 0.717) is 0 Å². The van der Waals surface area contributed by atoms with Crippen LogP contribution in [0, 0.1) is 0 Å². The molecule has 4 heteroatoms. The van der Waals surface area contributed by atoms with Crippen LogP contribution in [0.2, 0.25) is 0 Å². The molecule has 0 fully saturated rings. The van der Waals surface area contributed by atoms with Gasteiger partial charge in [0.2, 0.25) is 0 Å². The number of hydrogen-bond donors (Lipinski definition) is 1. The van der Waals surface area contributed by atoms with Crippen molar-refractivity contribution in [3.05, 3.63) is 35.4 Å². The van der Waals surface area contributed by atoms with E-state index in [1.807, 2.05) is 0 Å². The number of alkyl halides is 3. The molecule has 0 unspecified atom stereocenters. The Balaban J connectivity index is 3.34. The SMILES string of the molecule is CCC(O)(CC)c1ccccc1C(F)(F)F. The summed E-state index contributed by atoms with van der Waals surface area (Å²) < 4.78 is 38.2. The van der Waals surface area contributed by atoms with Gasteiger partial charge in [0.1, 0.15) is 0 Å². The van der Waals surface area contributed by atoms with E-state index in [4.69, 9.17) is 0 Å². The summed E-state index contributed by atoms with van der Waals surface area (Å²) in [5.41, 5.74) is -2.18. The van der Waals surface area contributed by atoms with Crippen molar-refractivity contribution in [2.45, 2.75) is 38.5 Å². The second kappa shape index (κ2) is 4.45. The molecular weight excluding hydrogens is 217 g/mol. The predicted molar refractivity (Wildman–Crippen MR) is 55.9 cm³/mol. The zero-order chi connectivity index (χ0) is 12.4. The van der Waals surface area contributed by atoms with Gasteiger partial charge in [0.15, 0.2) is 0 Å². The van der Waals surface area contributed by atoms with Crippen LogP contribution in [0.25, 0.3) is 0 Å². The third-order valence-electron chi connectivity index (χ3n) is 2.90. The van der Waals surface area contributed by atoms with Crippen LogP contribution in [0.15, 0.2) is 24.3 Å². The first kappa shape index (κ1) is 13.0. The second-order valence-electron chi connectivity index (χ2n) is 3.78. The highest BCUT2D eigenvalue weighted by Crippen LogP contribution is 2.39. The van der Waals surface area contributed by atoms with E-state index >= 15 is 0 Å². The van der Waals surface area contributed by atoms with E-state index in [2.05, 4.69) is 0 Å².